The van der Waals surface area contributed by atoms with Gasteiger partial charge < -0.3 is 9.32 Å². The number of furan rings is 1. The van der Waals surface area contributed by atoms with Gasteiger partial charge in [0.2, 0.25) is 0 Å². The highest BCUT2D eigenvalue weighted by molar-refractivity contribution is 6.18. The molecule has 0 atom stereocenters. The van der Waals surface area contributed by atoms with E-state index in [1.165, 1.54) is 12.5 Å². The molecule has 72 valence electrons. The number of nitrogens with zero attached hydrogens (tertiary/aromatic N) is 1. The molecule has 0 fully saturated rings. The molecule has 0 N–H and O–H groups in total. The van der Waals surface area contributed by atoms with Crippen molar-refractivity contribution in [3.63, 3.8) is 0 Å². The van der Waals surface area contributed by atoms with Gasteiger partial charge in [0.05, 0.1) is 11.8 Å². The fourth-order valence-corrected chi connectivity index (χ4v) is 1.28. The maximum Gasteiger partial charge on any atom is 0.257 e. The van der Waals surface area contributed by atoms with Crippen LogP contribution in [0.5, 0.6) is 0 Å². The Morgan fingerprint density at radius 2 is 2.46 bits per heavy atom. The first-order valence-corrected chi connectivity index (χ1v) is 4.70. The molecule has 0 spiro atoms. The Hall–Kier alpha value is -0.960. The van der Waals surface area contributed by atoms with Gasteiger partial charge in [-0.15, -0.1) is 11.6 Å². The number of rotatable bonds is 4. The molecule has 1 rings (SSSR count). The normalized spacial score (nSPS) is 10.0. The molecule has 0 saturated heterocycles. The molecular weight excluding hydrogens is 190 g/mol. The van der Waals surface area contributed by atoms with E-state index in [0.717, 1.165) is 0 Å². The maximum absolute atomic E-state index is 11.6. The highest BCUT2D eigenvalue weighted by atomic mass is 35.5. The Balaban J connectivity index is 2.65. The van der Waals surface area contributed by atoms with Crippen molar-refractivity contribution in [3.05, 3.63) is 24.2 Å². The molecule has 1 amide bonds. The third-order valence-electron chi connectivity index (χ3n) is 1.79. The number of amides is 1. The Morgan fingerprint density at radius 3 is 2.92 bits per heavy atom. The second-order valence-electron chi connectivity index (χ2n) is 2.59. The van der Waals surface area contributed by atoms with Gasteiger partial charge in [-0.3, -0.25) is 4.79 Å². The van der Waals surface area contributed by atoms with Crippen LogP contribution in [0.25, 0.3) is 0 Å². The van der Waals surface area contributed by atoms with Crippen molar-refractivity contribution in [3.8, 4) is 0 Å². The number of hydrogen-bond acceptors (Lipinski definition) is 2. The molecule has 0 aliphatic carbocycles. The SMILES string of the molecule is CCN(CCCl)C(=O)c1ccoc1. The van der Waals surface area contributed by atoms with Gasteiger partial charge in [0.15, 0.2) is 0 Å². The molecule has 13 heavy (non-hydrogen) atoms. The minimum absolute atomic E-state index is 0.0306. The molecule has 0 aromatic carbocycles. The topological polar surface area (TPSA) is 33.5 Å². The fourth-order valence-electron chi connectivity index (χ4n) is 1.07. The van der Waals surface area contributed by atoms with Gasteiger partial charge in [-0.2, -0.15) is 0 Å². The minimum atomic E-state index is -0.0306. The van der Waals surface area contributed by atoms with Crippen molar-refractivity contribution >= 4 is 17.5 Å². The van der Waals surface area contributed by atoms with Crippen LogP contribution in [-0.2, 0) is 0 Å². The van der Waals surface area contributed by atoms with Crippen molar-refractivity contribution in [1.82, 2.24) is 4.90 Å². The van der Waals surface area contributed by atoms with Gasteiger partial charge in [0.25, 0.3) is 5.91 Å². The standard InChI is InChI=1S/C9H12ClNO2/c1-2-11(5-4-10)9(12)8-3-6-13-7-8/h3,6-7H,2,4-5H2,1H3. The summed E-state index contributed by atoms with van der Waals surface area (Å²) < 4.78 is 4.83. The predicted molar refractivity (Wildman–Crippen MR) is 51.0 cm³/mol. The predicted octanol–water partition coefficient (Wildman–Crippen LogP) is 1.98. The van der Waals surface area contributed by atoms with Crippen molar-refractivity contribution < 1.29 is 9.21 Å². The van der Waals surface area contributed by atoms with Gasteiger partial charge in [0.1, 0.15) is 6.26 Å². The molecule has 1 heterocycles. The molecule has 1 aromatic heterocycles. The van der Waals surface area contributed by atoms with Gasteiger partial charge in [-0.05, 0) is 13.0 Å². The summed E-state index contributed by atoms with van der Waals surface area (Å²) in [6.07, 6.45) is 2.93. The summed E-state index contributed by atoms with van der Waals surface area (Å²) in [4.78, 5) is 13.3. The summed E-state index contributed by atoms with van der Waals surface area (Å²) in [6.45, 7) is 3.16. The molecule has 0 bridgehead atoms. The lowest BCUT2D eigenvalue weighted by atomic mass is 10.3. The highest BCUT2D eigenvalue weighted by Gasteiger charge is 2.13. The number of carbonyl (C=O) groups excluding carboxylic acids is 1. The molecule has 4 heteroatoms. The van der Waals surface area contributed by atoms with Gasteiger partial charge in [-0.25, -0.2) is 0 Å². The summed E-state index contributed by atoms with van der Waals surface area (Å²) >= 11 is 5.56. The van der Waals surface area contributed by atoms with Crippen LogP contribution in [0, 0.1) is 0 Å². The lowest BCUT2D eigenvalue weighted by Crippen LogP contribution is -2.32. The van der Waals surface area contributed by atoms with E-state index in [9.17, 15) is 4.79 Å². The largest absolute Gasteiger partial charge is 0.472 e. The zero-order chi connectivity index (χ0) is 9.68. The third kappa shape index (κ3) is 2.49. The fraction of sp³-hybridized carbons (Fsp3) is 0.444. The molecule has 0 unspecified atom stereocenters. The van der Waals surface area contributed by atoms with E-state index in [0.29, 0.717) is 24.5 Å². The molecule has 0 saturated carbocycles. The number of hydrogen-bond donors (Lipinski definition) is 0. The average molecular weight is 202 g/mol. The minimum Gasteiger partial charge on any atom is -0.472 e. The smallest absolute Gasteiger partial charge is 0.257 e. The number of halogens is 1. The quantitative estimate of drug-likeness (QED) is 0.698. The van der Waals surface area contributed by atoms with E-state index in [2.05, 4.69) is 0 Å². The van der Waals surface area contributed by atoms with Crippen LogP contribution >= 0.6 is 11.6 Å². The Bertz CT molecular complexity index is 259. The molecule has 0 aliphatic heterocycles. The summed E-state index contributed by atoms with van der Waals surface area (Å²) in [5, 5.41) is 0. The number of carbonyl (C=O) groups is 1. The van der Waals surface area contributed by atoms with Crippen LogP contribution in [0.2, 0.25) is 0 Å². The summed E-state index contributed by atoms with van der Waals surface area (Å²) in [5.74, 6) is 0.425. The van der Waals surface area contributed by atoms with E-state index in [-0.39, 0.29) is 5.91 Å². The summed E-state index contributed by atoms with van der Waals surface area (Å²) in [6, 6.07) is 1.65. The Labute approximate surface area is 82.3 Å². The van der Waals surface area contributed by atoms with Crippen molar-refractivity contribution in [1.29, 1.82) is 0 Å². The second-order valence-corrected chi connectivity index (χ2v) is 2.96. The lowest BCUT2D eigenvalue weighted by molar-refractivity contribution is 0.0773. The molecule has 0 radical (unpaired) electrons. The van der Waals surface area contributed by atoms with Crippen molar-refractivity contribution in [2.24, 2.45) is 0 Å². The molecule has 3 nitrogen and oxygen atoms in total. The first-order chi connectivity index (χ1) is 6.29. The zero-order valence-electron chi connectivity index (χ0n) is 7.50. The summed E-state index contributed by atoms with van der Waals surface area (Å²) in [7, 11) is 0. The molecule has 0 aliphatic rings. The number of alkyl halides is 1. The average Bonchev–Trinajstić information content (AvgIpc) is 2.65. The maximum atomic E-state index is 11.6. The second kappa shape index (κ2) is 4.92. The first kappa shape index (κ1) is 10.1. The Kier molecular flexibility index (Phi) is 3.83. The van der Waals surface area contributed by atoms with E-state index < -0.39 is 0 Å². The first-order valence-electron chi connectivity index (χ1n) is 4.17. The van der Waals surface area contributed by atoms with E-state index in [1.807, 2.05) is 6.92 Å². The van der Waals surface area contributed by atoms with Crippen LogP contribution in [-0.4, -0.2) is 29.8 Å². The van der Waals surface area contributed by atoms with Crippen molar-refractivity contribution in [2.45, 2.75) is 6.92 Å². The van der Waals surface area contributed by atoms with Crippen molar-refractivity contribution in [2.75, 3.05) is 19.0 Å². The van der Waals surface area contributed by atoms with Crippen LogP contribution in [0.4, 0.5) is 0 Å². The highest BCUT2D eigenvalue weighted by Crippen LogP contribution is 2.05. The van der Waals surface area contributed by atoms with Crippen LogP contribution in [0.15, 0.2) is 23.0 Å². The van der Waals surface area contributed by atoms with Crippen LogP contribution in [0.3, 0.4) is 0 Å². The lowest BCUT2D eigenvalue weighted by Gasteiger charge is -2.18. The van der Waals surface area contributed by atoms with E-state index in [4.69, 9.17) is 16.0 Å². The monoisotopic (exact) mass is 201 g/mol. The zero-order valence-corrected chi connectivity index (χ0v) is 8.25. The molecule has 1 aromatic rings. The molecular formula is C9H12ClNO2. The van der Waals surface area contributed by atoms with Crippen LogP contribution < -0.4 is 0 Å². The van der Waals surface area contributed by atoms with Gasteiger partial charge >= 0.3 is 0 Å². The Morgan fingerprint density at radius 1 is 1.69 bits per heavy atom. The van der Waals surface area contributed by atoms with Crippen LogP contribution in [0.1, 0.15) is 17.3 Å². The third-order valence-corrected chi connectivity index (χ3v) is 1.96. The van der Waals surface area contributed by atoms with E-state index in [1.54, 1.807) is 11.0 Å². The van der Waals surface area contributed by atoms with E-state index >= 15 is 0 Å². The van der Waals surface area contributed by atoms with Gasteiger partial charge in [-0.1, -0.05) is 0 Å². The summed E-state index contributed by atoms with van der Waals surface area (Å²) in [5.41, 5.74) is 0.576. The van der Waals surface area contributed by atoms with Gasteiger partial charge in [0, 0.05) is 19.0 Å².